The van der Waals surface area contributed by atoms with Crippen LogP contribution in [0.25, 0.3) is 11.1 Å². The van der Waals surface area contributed by atoms with Gasteiger partial charge in [-0.2, -0.15) is 5.26 Å². The van der Waals surface area contributed by atoms with Crippen molar-refractivity contribution in [1.29, 1.82) is 5.26 Å². The molecule has 2 aromatic carbocycles. The van der Waals surface area contributed by atoms with E-state index in [2.05, 4.69) is 16.4 Å². The number of nitriles is 1. The van der Waals surface area contributed by atoms with Crippen molar-refractivity contribution in [2.24, 2.45) is 0 Å². The summed E-state index contributed by atoms with van der Waals surface area (Å²) >= 11 is 0. The summed E-state index contributed by atoms with van der Waals surface area (Å²) in [6.45, 7) is 0. The SMILES string of the molecule is COc1cccc(-c2cncc(C#N)c2Nc2ccc(C(=O)O)cc2)c1. The number of hydrogen-bond donors (Lipinski definition) is 2. The van der Waals surface area contributed by atoms with Gasteiger partial charge in [0.15, 0.2) is 0 Å². The summed E-state index contributed by atoms with van der Waals surface area (Å²) in [5, 5.41) is 21.7. The summed E-state index contributed by atoms with van der Waals surface area (Å²) in [6, 6.07) is 15.9. The second-order valence-corrected chi connectivity index (χ2v) is 5.46. The Bertz CT molecular complexity index is 992. The quantitative estimate of drug-likeness (QED) is 0.724. The van der Waals surface area contributed by atoms with E-state index in [4.69, 9.17) is 9.84 Å². The number of rotatable bonds is 5. The van der Waals surface area contributed by atoms with Gasteiger partial charge in [-0.05, 0) is 42.0 Å². The average Bonchev–Trinajstić information content (AvgIpc) is 2.68. The number of carboxylic acids is 1. The normalized spacial score (nSPS) is 10.0. The van der Waals surface area contributed by atoms with Crippen molar-refractivity contribution in [3.8, 4) is 22.9 Å². The number of nitrogens with one attached hydrogen (secondary N) is 1. The van der Waals surface area contributed by atoms with Crippen molar-refractivity contribution in [2.45, 2.75) is 0 Å². The molecule has 0 bridgehead atoms. The molecule has 128 valence electrons. The van der Waals surface area contributed by atoms with Crippen LogP contribution in [0, 0.1) is 11.3 Å². The van der Waals surface area contributed by atoms with Gasteiger partial charge >= 0.3 is 5.97 Å². The molecule has 0 aliphatic rings. The highest BCUT2D eigenvalue weighted by Gasteiger charge is 2.12. The van der Waals surface area contributed by atoms with E-state index in [9.17, 15) is 10.1 Å². The molecule has 6 heteroatoms. The van der Waals surface area contributed by atoms with Gasteiger partial charge in [0.25, 0.3) is 0 Å². The predicted octanol–water partition coefficient (Wildman–Crippen LogP) is 4.07. The number of benzene rings is 2. The Morgan fingerprint density at radius 2 is 1.96 bits per heavy atom. The number of ether oxygens (including phenoxy) is 1. The third kappa shape index (κ3) is 3.47. The maximum absolute atomic E-state index is 11.0. The van der Waals surface area contributed by atoms with Crippen molar-refractivity contribution in [3.63, 3.8) is 0 Å². The van der Waals surface area contributed by atoms with Crippen LogP contribution in [0.1, 0.15) is 15.9 Å². The van der Waals surface area contributed by atoms with Gasteiger partial charge in [-0.3, -0.25) is 4.98 Å². The zero-order valence-electron chi connectivity index (χ0n) is 13.9. The second-order valence-electron chi connectivity index (χ2n) is 5.46. The molecule has 0 atom stereocenters. The average molecular weight is 345 g/mol. The van der Waals surface area contributed by atoms with Gasteiger partial charge in [0.2, 0.25) is 0 Å². The number of aromatic nitrogens is 1. The molecule has 0 aliphatic heterocycles. The number of carbonyl (C=O) groups is 1. The summed E-state index contributed by atoms with van der Waals surface area (Å²) in [6.07, 6.45) is 3.15. The van der Waals surface area contributed by atoms with Gasteiger partial charge in [-0.25, -0.2) is 4.79 Å². The number of pyridine rings is 1. The Morgan fingerprint density at radius 3 is 2.62 bits per heavy atom. The van der Waals surface area contributed by atoms with Crippen LogP contribution in [0.15, 0.2) is 60.9 Å². The number of hydrogen-bond acceptors (Lipinski definition) is 5. The van der Waals surface area contributed by atoms with E-state index in [0.29, 0.717) is 22.7 Å². The van der Waals surface area contributed by atoms with Gasteiger partial charge < -0.3 is 15.2 Å². The van der Waals surface area contributed by atoms with E-state index in [0.717, 1.165) is 11.1 Å². The summed E-state index contributed by atoms with van der Waals surface area (Å²) in [7, 11) is 1.59. The van der Waals surface area contributed by atoms with E-state index < -0.39 is 5.97 Å². The smallest absolute Gasteiger partial charge is 0.335 e. The molecule has 1 heterocycles. The Balaban J connectivity index is 2.05. The van der Waals surface area contributed by atoms with Crippen molar-refractivity contribution in [2.75, 3.05) is 12.4 Å². The lowest BCUT2D eigenvalue weighted by Gasteiger charge is -2.14. The molecule has 0 amide bonds. The molecule has 26 heavy (non-hydrogen) atoms. The van der Waals surface area contributed by atoms with Crippen LogP contribution in [-0.2, 0) is 0 Å². The first-order valence-electron chi connectivity index (χ1n) is 7.75. The number of aromatic carboxylic acids is 1. The van der Waals surface area contributed by atoms with Crippen molar-refractivity contribution >= 4 is 17.3 Å². The summed E-state index contributed by atoms with van der Waals surface area (Å²) < 4.78 is 5.27. The predicted molar refractivity (Wildman–Crippen MR) is 97.6 cm³/mol. The zero-order valence-corrected chi connectivity index (χ0v) is 13.9. The molecule has 0 saturated heterocycles. The molecule has 0 aliphatic carbocycles. The standard InChI is InChI=1S/C20H15N3O3/c1-26-17-4-2-3-14(9-17)18-12-22-11-15(10-21)19(18)23-16-7-5-13(6-8-16)20(24)25/h2-9,11-12H,1H3,(H,22,23)(H,24,25). The first kappa shape index (κ1) is 17.0. The molecule has 3 rings (SSSR count). The van der Waals surface area contributed by atoms with E-state index >= 15 is 0 Å². The molecule has 0 unspecified atom stereocenters. The molecule has 0 fully saturated rings. The largest absolute Gasteiger partial charge is 0.497 e. The number of methoxy groups -OCH3 is 1. The minimum atomic E-state index is -0.991. The van der Waals surface area contributed by atoms with Crippen molar-refractivity contribution in [1.82, 2.24) is 4.98 Å². The Kier molecular flexibility index (Phi) is 4.81. The highest BCUT2D eigenvalue weighted by molar-refractivity contribution is 5.89. The molecule has 0 spiro atoms. The maximum atomic E-state index is 11.0. The molecule has 6 nitrogen and oxygen atoms in total. The van der Waals surface area contributed by atoms with Gasteiger partial charge in [0.05, 0.1) is 23.9 Å². The Morgan fingerprint density at radius 1 is 1.19 bits per heavy atom. The fourth-order valence-electron chi connectivity index (χ4n) is 2.53. The molecular weight excluding hydrogens is 330 g/mol. The molecule has 0 radical (unpaired) electrons. The lowest BCUT2D eigenvalue weighted by atomic mass is 10.0. The first-order valence-corrected chi connectivity index (χ1v) is 7.75. The highest BCUT2D eigenvalue weighted by Crippen LogP contribution is 2.34. The number of anilines is 2. The summed E-state index contributed by atoms with van der Waals surface area (Å²) in [5.41, 5.74) is 3.43. The van der Waals surface area contributed by atoms with E-state index in [1.807, 2.05) is 24.3 Å². The third-order valence-corrected chi connectivity index (χ3v) is 3.85. The Hall–Kier alpha value is -3.85. The molecule has 3 aromatic rings. The van der Waals surface area contributed by atoms with E-state index in [1.165, 1.54) is 18.3 Å². The van der Waals surface area contributed by atoms with Gasteiger partial charge in [-0.1, -0.05) is 12.1 Å². The first-order chi connectivity index (χ1) is 12.6. The van der Waals surface area contributed by atoms with Crippen LogP contribution >= 0.6 is 0 Å². The van der Waals surface area contributed by atoms with Crippen LogP contribution in [0.4, 0.5) is 11.4 Å². The van der Waals surface area contributed by atoms with Crippen LogP contribution in [-0.4, -0.2) is 23.2 Å². The maximum Gasteiger partial charge on any atom is 0.335 e. The number of nitrogens with zero attached hydrogens (tertiary/aromatic N) is 2. The van der Waals surface area contributed by atoms with E-state index in [-0.39, 0.29) is 5.56 Å². The molecule has 1 aromatic heterocycles. The second kappa shape index (κ2) is 7.36. The topological polar surface area (TPSA) is 95.2 Å². The summed E-state index contributed by atoms with van der Waals surface area (Å²) in [4.78, 5) is 15.1. The van der Waals surface area contributed by atoms with E-state index in [1.54, 1.807) is 25.4 Å². The Labute approximate surface area is 150 Å². The fourth-order valence-corrected chi connectivity index (χ4v) is 2.53. The van der Waals surface area contributed by atoms with Crippen molar-refractivity contribution < 1.29 is 14.6 Å². The minimum absolute atomic E-state index is 0.193. The van der Waals surface area contributed by atoms with Gasteiger partial charge in [0.1, 0.15) is 11.8 Å². The van der Waals surface area contributed by atoms with Gasteiger partial charge in [-0.15, -0.1) is 0 Å². The molecule has 0 saturated carbocycles. The van der Waals surface area contributed by atoms with Crippen LogP contribution in [0.5, 0.6) is 5.75 Å². The fraction of sp³-hybridized carbons (Fsp3) is 0.0500. The van der Waals surface area contributed by atoms with Gasteiger partial charge in [0, 0.05) is 23.6 Å². The van der Waals surface area contributed by atoms with Crippen LogP contribution in [0.3, 0.4) is 0 Å². The molecular formula is C20H15N3O3. The lowest BCUT2D eigenvalue weighted by Crippen LogP contribution is -2.00. The van der Waals surface area contributed by atoms with Crippen LogP contribution in [0.2, 0.25) is 0 Å². The molecule has 2 N–H and O–H groups in total. The lowest BCUT2D eigenvalue weighted by molar-refractivity contribution is 0.0697. The monoisotopic (exact) mass is 345 g/mol. The van der Waals surface area contributed by atoms with Crippen LogP contribution < -0.4 is 10.1 Å². The highest BCUT2D eigenvalue weighted by atomic mass is 16.5. The minimum Gasteiger partial charge on any atom is -0.497 e. The van der Waals surface area contributed by atoms with Crippen molar-refractivity contribution in [3.05, 3.63) is 72.1 Å². The zero-order chi connectivity index (χ0) is 18.5. The third-order valence-electron chi connectivity index (χ3n) is 3.85. The number of carboxylic acid groups (broad SMARTS) is 1. The summed E-state index contributed by atoms with van der Waals surface area (Å²) in [5.74, 6) is -0.295.